The Morgan fingerprint density at radius 2 is 1.77 bits per heavy atom. The molecule has 0 bridgehead atoms. The first kappa shape index (κ1) is 21.0. The van der Waals surface area contributed by atoms with Gasteiger partial charge in [0.25, 0.3) is 0 Å². The number of carbonyl (C=O) groups is 1. The van der Waals surface area contributed by atoms with E-state index in [-0.39, 0.29) is 12.3 Å². The average Bonchev–Trinajstić information content (AvgIpc) is 3.11. The number of benzene rings is 1. The Balaban J connectivity index is 1.55. The van der Waals surface area contributed by atoms with Crippen LogP contribution in [0.3, 0.4) is 0 Å². The monoisotopic (exact) mass is 432 g/mol. The highest BCUT2D eigenvalue weighted by Gasteiger charge is 2.36. The summed E-state index contributed by atoms with van der Waals surface area (Å²) in [6.45, 7) is 8.87. The summed E-state index contributed by atoms with van der Waals surface area (Å²) in [5.74, 6) is 0.708. The topological polar surface area (TPSA) is 84.7 Å². The predicted octanol–water partition coefficient (Wildman–Crippen LogP) is 1.67. The molecule has 30 heavy (non-hydrogen) atoms. The highest BCUT2D eigenvalue weighted by atomic mass is 32.2. The lowest BCUT2D eigenvalue weighted by molar-refractivity contribution is -0.134. The molecule has 1 amide bonds. The van der Waals surface area contributed by atoms with E-state index in [0.717, 1.165) is 11.1 Å². The third-order valence-corrected chi connectivity index (χ3v) is 7.67. The average molecular weight is 433 g/mol. The molecule has 2 aliphatic rings. The molecule has 1 aromatic heterocycles. The lowest BCUT2D eigenvalue weighted by Gasteiger charge is -2.32. The van der Waals surface area contributed by atoms with Crippen molar-refractivity contribution in [3.8, 4) is 0 Å². The number of rotatable bonds is 4. The first-order chi connectivity index (χ1) is 14.3. The zero-order chi connectivity index (χ0) is 21.5. The van der Waals surface area contributed by atoms with Crippen LogP contribution in [-0.4, -0.2) is 65.9 Å². The summed E-state index contributed by atoms with van der Waals surface area (Å²) in [5, 5.41) is 0. The van der Waals surface area contributed by atoms with Gasteiger partial charge in [-0.1, -0.05) is 6.07 Å². The van der Waals surface area contributed by atoms with Gasteiger partial charge >= 0.3 is 0 Å². The second-order valence-corrected chi connectivity index (χ2v) is 9.96. The van der Waals surface area contributed by atoms with Gasteiger partial charge in [0.1, 0.15) is 5.82 Å². The smallest absolute Gasteiger partial charge is 0.243 e. The Morgan fingerprint density at radius 3 is 2.43 bits per heavy atom. The summed E-state index contributed by atoms with van der Waals surface area (Å²) in [6, 6.07) is 4.98. The van der Waals surface area contributed by atoms with E-state index in [1.165, 1.54) is 4.31 Å². The Kier molecular flexibility index (Phi) is 5.69. The van der Waals surface area contributed by atoms with E-state index >= 15 is 0 Å². The third-order valence-electron chi connectivity index (χ3n) is 5.72. The van der Waals surface area contributed by atoms with Crippen molar-refractivity contribution in [3.05, 3.63) is 47.0 Å². The normalized spacial score (nSPS) is 20.2. The minimum absolute atomic E-state index is 0.0288. The molecule has 0 radical (unpaired) electrons. The van der Waals surface area contributed by atoms with Crippen molar-refractivity contribution in [2.45, 2.75) is 44.7 Å². The minimum Gasteiger partial charge on any atom is -0.378 e. The number of hydrogen-bond donors (Lipinski definition) is 0. The molecule has 2 aliphatic heterocycles. The first-order valence-corrected chi connectivity index (χ1v) is 11.7. The van der Waals surface area contributed by atoms with Gasteiger partial charge < -0.3 is 14.2 Å². The first-order valence-electron chi connectivity index (χ1n) is 10.3. The van der Waals surface area contributed by atoms with Crippen molar-refractivity contribution in [1.82, 2.24) is 18.8 Å². The SMILES string of the molecule is Cc1cc(C)cc(S(=O)(=O)N2CCn3cc(CC(=O)N4CCOCC4)nc3C2C)c1. The summed E-state index contributed by atoms with van der Waals surface area (Å²) < 4.78 is 35.4. The molecule has 2 aromatic rings. The number of amides is 1. The van der Waals surface area contributed by atoms with Crippen LogP contribution in [-0.2, 0) is 32.5 Å². The maximum absolute atomic E-state index is 13.3. The summed E-state index contributed by atoms with van der Waals surface area (Å²) >= 11 is 0. The van der Waals surface area contributed by atoms with Gasteiger partial charge in [-0.2, -0.15) is 4.31 Å². The molecule has 1 atom stereocenters. The molecule has 1 saturated heterocycles. The third kappa shape index (κ3) is 4.01. The van der Waals surface area contributed by atoms with E-state index < -0.39 is 16.1 Å². The van der Waals surface area contributed by atoms with Crippen molar-refractivity contribution >= 4 is 15.9 Å². The maximum atomic E-state index is 13.3. The standard InChI is InChI=1S/C21H28N4O4S/c1-15-10-16(2)12-19(11-15)30(27,28)25-5-4-24-14-18(22-21(24)17(25)3)13-20(26)23-6-8-29-9-7-23/h10-12,14,17H,4-9,13H2,1-3H3. The van der Waals surface area contributed by atoms with Gasteiger partial charge in [-0.3, -0.25) is 4.79 Å². The van der Waals surface area contributed by atoms with Gasteiger partial charge in [-0.05, 0) is 44.0 Å². The van der Waals surface area contributed by atoms with Crippen LogP contribution in [0.4, 0.5) is 0 Å². The number of aromatic nitrogens is 2. The van der Waals surface area contributed by atoms with Crippen LogP contribution < -0.4 is 0 Å². The van der Waals surface area contributed by atoms with Crippen LogP contribution in [0.15, 0.2) is 29.3 Å². The van der Waals surface area contributed by atoms with E-state index in [1.807, 2.05) is 37.6 Å². The molecule has 162 valence electrons. The quantitative estimate of drug-likeness (QED) is 0.734. The second-order valence-electron chi connectivity index (χ2n) is 8.07. The van der Waals surface area contributed by atoms with Crippen molar-refractivity contribution in [2.24, 2.45) is 0 Å². The number of hydrogen-bond acceptors (Lipinski definition) is 5. The highest BCUT2D eigenvalue weighted by molar-refractivity contribution is 7.89. The fraction of sp³-hybridized carbons (Fsp3) is 0.524. The Labute approximate surface area is 177 Å². The molecule has 0 saturated carbocycles. The molecule has 0 N–H and O–H groups in total. The van der Waals surface area contributed by atoms with E-state index in [2.05, 4.69) is 4.98 Å². The molecule has 0 aliphatic carbocycles. The van der Waals surface area contributed by atoms with Crippen LogP contribution in [0.1, 0.15) is 35.6 Å². The summed E-state index contributed by atoms with van der Waals surface area (Å²) in [5.41, 5.74) is 2.52. The fourth-order valence-electron chi connectivity index (χ4n) is 4.24. The van der Waals surface area contributed by atoms with Crippen LogP contribution in [0.25, 0.3) is 0 Å². The predicted molar refractivity (Wildman–Crippen MR) is 112 cm³/mol. The summed E-state index contributed by atoms with van der Waals surface area (Å²) in [4.78, 5) is 19.3. The van der Waals surface area contributed by atoms with Gasteiger partial charge in [0.2, 0.25) is 15.9 Å². The maximum Gasteiger partial charge on any atom is 0.243 e. The largest absolute Gasteiger partial charge is 0.378 e. The van der Waals surface area contributed by atoms with E-state index in [0.29, 0.717) is 55.8 Å². The van der Waals surface area contributed by atoms with Crippen LogP contribution in [0, 0.1) is 13.8 Å². The molecule has 9 heteroatoms. The lowest BCUT2D eigenvalue weighted by atomic mass is 10.2. The number of fused-ring (bicyclic) bond motifs is 1. The molecule has 8 nitrogen and oxygen atoms in total. The zero-order valence-corrected chi connectivity index (χ0v) is 18.5. The highest BCUT2D eigenvalue weighted by Crippen LogP contribution is 2.31. The van der Waals surface area contributed by atoms with E-state index in [4.69, 9.17) is 4.74 Å². The molecule has 3 heterocycles. The van der Waals surface area contributed by atoms with Crippen LogP contribution in [0.5, 0.6) is 0 Å². The molecular weight excluding hydrogens is 404 g/mol. The van der Waals surface area contributed by atoms with Gasteiger partial charge in [0, 0.05) is 32.4 Å². The van der Waals surface area contributed by atoms with Gasteiger partial charge in [-0.15, -0.1) is 0 Å². The van der Waals surface area contributed by atoms with E-state index in [1.54, 1.807) is 17.0 Å². The second kappa shape index (κ2) is 8.13. The van der Waals surface area contributed by atoms with Crippen LogP contribution >= 0.6 is 0 Å². The Morgan fingerprint density at radius 1 is 1.10 bits per heavy atom. The Hall–Kier alpha value is -2.23. The molecular formula is C21H28N4O4S. The number of aryl methyl sites for hydroxylation is 2. The molecule has 4 rings (SSSR count). The zero-order valence-electron chi connectivity index (χ0n) is 17.7. The fourth-order valence-corrected chi connectivity index (χ4v) is 6.01. The number of ether oxygens (including phenoxy) is 1. The number of sulfonamides is 1. The van der Waals surface area contributed by atoms with Gasteiger partial charge in [-0.25, -0.2) is 13.4 Å². The number of morpholine rings is 1. The van der Waals surface area contributed by atoms with Crippen molar-refractivity contribution in [1.29, 1.82) is 0 Å². The molecule has 1 aromatic carbocycles. The van der Waals surface area contributed by atoms with Crippen molar-refractivity contribution in [3.63, 3.8) is 0 Å². The molecule has 1 unspecified atom stereocenters. The molecule has 0 spiro atoms. The van der Waals surface area contributed by atoms with Gasteiger partial charge in [0.05, 0.1) is 36.3 Å². The minimum atomic E-state index is -3.64. The number of nitrogens with zero attached hydrogens (tertiary/aromatic N) is 4. The summed E-state index contributed by atoms with van der Waals surface area (Å²) in [7, 11) is -3.64. The molecule has 1 fully saturated rings. The van der Waals surface area contributed by atoms with Crippen molar-refractivity contribution in [2.75, 3.05) is 32.8 Å². The van der Waals surface area contributed by atoms with E-state index in [9.17, 15) is 13.2 Å². The summed E-state index contributed by atoms with van der Waals surface area (Å²) in [6.07, 6.45) is 2.10. The van der Waals surface area contributed by atoms with Gasteiger partial charge in [0.15, 0.2) is 0 Å². The number of imidazole rings is 1. The van der Waals surface area contributed by atoms with Crippen molar-refractivity contribution < 1.29 is 17.9 Å². The number of carbonyl (C=O) groups excluding carboxylic acids is 1. The lowest BCUT2D eigenvalue weighted by Crippen LogP contribution is -2.41. The van der Waals surface area contributed by atoms with Crippen LogP contribution in [0.2, 0.25) is 0 Å². The Bertz CT molecular complexity index is 1040.